The summed E-state index contributed by atoms with van der Waals surface area (Å²) in [4.78, 5) is 0. The van der Waals surface area contributed by atoms with Crippen LogP contribution in [-0.4, -0.2) is 23.9 Å². The van der Waals surface area contributed by atoms with Crippen molar-refractivity contribution in [2.24, 2.45) is 7.05 Å². The lowest BCUT2D eigenvalue weighted by molar-refractivity contribution is 0.301. The van der Waals surface area contributed by atoms with Crippen LogP contribution in [0.4, 0.5) is 0 Å². The van der Waals surface area contributed by atoms with Gasteiger partial charge in [-0.15, -0.1) is 0 Å². The fourth-order valence-electron chi connectivity index (χ4n) is 1.86. The Morgan fingerprint density at radius 1 is 1.37 bits per heavy atom. The highest BCUT2D eigenvalue weighted by molar-refractivity contribution is 5.40. The van der Waals surface area contributed by atoms with Gasteiger partial charge < -0.3 is 14.8 Å². The average Bonchev–Trinajstić information content (AvgIpc) is 2.83. The van der Waals surface area contributed by atoms with Gasteiger partial charge in [-0.2, -0.15) is 5.10 Å². The number of methoxy groups -OCH3 is 1. The van der Waals surface area contributed by atoms with Crippen LogP contribution in [0.2, 0.25) is 0 Å². The van der Waals surface area contributed by atoms with Gasteiger partial charge in [0, 0.05) is 30.9 Å². The molecule has 19 heavy (non-hydrogen) atoms. The first kappa shape index (κ1) is 13.4. The monoisotopic (exact) mass is 261 g/mol. The quantitative estimate of drug-likeness (QED) is 0.860. The van der Waals surface area contributed by atoms with Crippen LogP contribution in [0, 0.1) is 0 Å². The van der Waals surface area contributed by atoms with E-state index in [0.29, 0.717) is 6.61 Å². The third-order valence-electron chi connectivity index (χ3n) is 2.79. The second kappa shape index (κ2) is 6.24. The van der Waals surface area contributed by atoms with Crippen LogP contribution < -0.4 is 14.8 Å². The molecule has 102 valence electrons. The Balaban J connectivity index is 2.10. The fourth-order valence-corrected chi connectivity index (χ4v) is 1.86. The van der Waals surface area contributed by atoms with Crippen molar-refractivity contribution in [1.82, 2.24) is 15.1 Å². The summed E-state index contributed by atoms with van der Waals surface area (Å²) in [7, 11) is 5.46. The summed E-state index contributed by atoms with van der Waals surface area (Å²) in [5.74, 6) is 1.69. The molecule has 2 rings (SSSR count). The number of hydrogen-bond donors (Lipinski definition) is 1. The molecule has 0 atom stereocenters. The van der Waals surface area contributed by atoms with Gasteiger partial charge in [0.2, 0.25) is 0 Å². The first-order valence-corrected chi connectivity index (χ1v) is 6.14. The molecule has 5 nitrogen and oxygen atoms in total. The molecule has 0 spiro atoms. The van der Waals surface area contributed by atoms with E-state index in [4.69, 9.17) is 9.47 Å². The fraction of sp³-hybridized carbons (Fsp3) is 0.357. The van der Waals surface area contributed by atoms with Crippen molar-refractivity contribution in [1.29, 1.82) is 0 Å². The zero-order chi connectivity index (χ0) is 13.7. The van der Waals surface area contributed by atoms with Crippen LogP contribution in [0.25, 0.3) is 0 Å². The summed E-state index contributed by atoms with van der Waals surface area (Å²) in [6, 6.07) is 5.81. The average molecular weight is 261 g/mol. The normalized spacial score (nSPS) is 10.5. The molecule has 1 aromatic heterocycles. The lowest BCUT2D eigenvalue weighted by Gasteiger charge is -2.12. The van der Waals surface area contributed by atoms with Crippen LogP contribution in [-0.2, 0) is 20.2 Å². The van der Waals surface area contributed by atoms with E-state index in [-0.39, 0.29) is 0 Å². The first-order valence-electron chi connectivity index (χ1n) is 6.14. The molecule has 0 aliphatic heterocycles. The lowest BCUT2D eigenvalue weighted by atomic mass is 10.2. The molecule has 0 bridgehead atoms. The summed E-state index contributed by atoms with van der Waals surface area (Å²) >= 11 is 0. The highest BCUT2D eigenvalue weighted by atomic mass is 16.5. The van der Waals surface area contributed by atoms with Crippen LogP contribution in [0.1, 0.15) is 11.1 Å². The number of benzene rings is 1. The highest BCUT2D eigenvalue weighted by Gasteiger charge is 2.06. The molecule has 1 heterocycles. The summed E-state index contributed by atoms with van der Waals surface area (Å²) in [6.45, 7) is 1.25. The van der Waals surface area contributed by atoms with Gasteiger partial charge in [-0.3, -0.25) is 4.68 Å². The maximum Gasteiger partial charge on any atom is 0.124 e. The van der Waals surface area contributed by atoms with Crippen molar-refractivity contribution >= 4 is 0 Å². The zero-order valence-electron chi connectivity index (χ0n) is 11.5. The maximum atomic E-state index is 5.84. The molecule has 0 unspecified atom stereocenters. The van der Waals surface area contributed by atoms with E-state index in [0.717, 1.165) is 29.2 Å². The van der Waals surface area contributed by atoms with E-state index >= 15 is 0 Å². The smallest absolute Gasteiger partial charge is 0.124 e. The summed E-state index contributed by atoms with van der Waals surface area (Å²) in [5, 5.41) is 7.25. The number of rotatable bonds is 6. The second-order valence-corrected chi connectivity index (χ2v) is 4.31. The molecule has 2 aromatic rings. The Morgan fingerprint density at radius 2 is 2.21 bits per heavy atom. The van der Waals surface area contributed by atoms with E-state index in [1.165, 1.54) is 0 Å². The Labute approximate surface area is 113 Å². The first-order chi connectivity index (χ1) is 9.22. The minimum Gasteiger partial charge on any atom is -0.497 e. The molecular weight excluding hydrogens is 242 g/mol. The van der Waals surface area contributed by atoms with E-state index in [1.807, 2.05) is 38.5 Å². The molecule has 1 aromatic carbocycles. The predicted molar refractivity (Wildman–Crippen MR) is 73.3 cm³/mol. The van der Waals surface area contributed by atoms with Gasteiger partial charge in [-0.25, -0.2) is 0 Å². The number of hydrogen-bond acceptors (Lipinski definition) is 4. The maximum absolute atomic E-state index is 5.84. The van der Waals surface area contributed by atoms with Gasteiger partial charge in [-0.05, 0) is 25.2 Å². The molecule has 0 saturated carbocycles. The summed E-state index contributed by atoms with van der Waals surface area (Å²) in [5.41, 5.74) is 2.12. The number of aryl methyl sites for hydroxylation is 1. The van der Waals surface area contributed by atoms with Gasteiger partial charge in [0.15, 0.2) is 0 Å². The van der Waals surface area contributed by atoms with Crippen LogP contribution >= 0.6 is 0 Å². The van der Waals surface area contributed by atoms with Gasteiger partial charge in [-0.1, -0.05) is 0 Å². The van der Waals surface area contributed by atoms with Crippen molar-refractivity contribution in [3.63, 3.8) is 0 Å². The van der Waals surface area contributed by atoms with Crippen molar-refractivity contribution in [2.45, 2.75) is 13.2 Å². The Kier molecular flexibility index (Phi) is 4.41. The van der Waals surface area contributed by atoms with Crippen LogP contribution in [0.3, 0.4) is 0 Å². The molecule has 0 saturated heterocycles. The molecule has 0 radical (unpaired) electrons. The summed E-state index contributed by atoms with van der Waals surface area (Å²) < 4.78 is 12.8. The summed E-state index contributed by atoms with van der Waals surface area (Å²) in [6.07, 6.45) is 3.75. The minimum atomic E-state index is 0.511. The van der Waals surface area contributed by atoms with Gasteiger partial charge >= 0.3 is 0 Å². The number of nitrogens with zero attached hydrogens (tertiary/aromatic N) is 2. The topological polar surface area (TPSA) is 48.3 Å². The molecule has 0 fully saturated rings. The standard InChI is InChI=1S/C14H19N3O2/c1-15-8-12-6-13(18-3)4-5-14(12)19-10-11-7-16-17(2)9-11/h4-7,9,15H,8,10H2,1-3H3. The Hall–Kier alpha value is -2.01. The minimum absolute atomic E-state index is 0.511. The SMILES string of the molecule is CNCc1cc(OC)ccc1OCc1cnn(C)c1. The molecular formula is C14H19N3O2. The largest absolute Gasteiger partial charge is 0.497 e. The molecule has 0 aliphatic carbocycles. The van der Waals surface area contributed by atoms with Crippen LogP contribution in [0.5, 0.6) is 11.5 Å². The molecule has 0 aliphatic rings. The van der Waals surface area contributed by atoms with E-state index in [2.05, 4.69) is 10.4 Å². The van der Waals surface area contributed by atoms with Crippen molar-refractivity contribution in [3.05, 3.63) is 41.7 Å². The van der Waals surface area contributed by atoms with E-state index < -0.39 is 0 Å². The molecule has 5 heteroatoms. The third-order valence-corrected chi connectivity index (χ3v) is 2.79. The second-order valence-electron chi connectivity index (χ2n) is 4.31. The van der Waals surface area contributed by atoms with Gasteiger partial charge in [0.1, 0.15) is 18.1 Å². The Bertz CT molecular complexity index is 537. The highest BCUT2D eigenvalue weighted by Crippen LogP contribution is 2.24. The van der Waals surface area contributed by atoms with E-state index in [1.54, 1.807) is 18.0 Å². The van der Waals surface area contributed by atoms with Crippen molar-refractivity contribution in [2.75, 3.05) is 14.2 Å². The molecule has 0 amide bonds. The van der Waals surface area contributed by atoms with Gasteiger partial charge in [0.05, 0.1) is 13.3 Å². The number of ether oxygens (including phenoxy) is 2. The number of aromatic nitrogens is 2. The van der Waals surface area contributed by atoms with Gasteiger partial charge in [0.25, 0.3) is 0 Å². The zero-order valence-corrected chi connectivity index (χ0v) is 11.5. The van der Waals surface area contributed by atoms with Crippen molar-refractivity contribution in [3.8, 4) is 11.5 Å². The molecule has 1 N–H and O–H groups in total. The Morgan fingerprint density at radius 3 is 2.84 bits per heavy atom. The third kappa shape index (κ3) is 3.48. The lowest BCUT2D eigenvalue weighted by Crippen LogP contribution is -2.07. The van der Waals surface area contributed by atoms with E-state index in [9.17, 15) is 0 Å². The van der Waals surface area contributed by atoms with Crippen LogP contribution in [0.15, 0.2) is 30.6 Å². The number of nitrogens with one attached hydrogen (secondary N) is 1. The predicted octanol–water partition coefficient (Wildman–Crippen LogP) is 1.73. The van der Waals surface area contributed by atoms with Crippen molar-refractivity contribution < 1.29 is 9.47 Å².